The van der Waals surface area contributed by atoms with Gasteiger partial charge >= 0.3 is 0 Å². The Labute approximate surface area is 134 Å². The molecule has 2 aromatic rings. The number of nitrogens with one attached hydrogen (secondary N) is 2. The maximum atomic E-state index is 13.6. The third-order valence-electron chi connectivity index (χ3n) is 3.60. The molecule has 0 saturated carbocycles. The van der Waals surface area contributed by atoms with Gasteiger partial charge in [-0.25, -0.2) is 13.8 Å². The highest BCUT2D eigenvalue weighted by Crippen LogP contribution is 2.20. The molecule has 23 heavy (non-hydrogen) atoms. The van der Waals surface area contributed by atoms with Crippen LogP contribution >= 0.6 is 0 Å². The molecule has 2 N–H and O–H groups in total. The van der Waals surface area contributed by atoms with Crippen molar-refractivity contribution < 1.29 is 8.78 Å². The Morgan fingerprint density at radius 1 is 1.22 bits per heavy atom. The molecule has 0 aliphatic heterocycles. The molecule has 1 aromatic heterocycles. The maximum Gasteiger partial charge on any atom is 0.229 e. The first-order valence-electron chi connectivity index (χ1n) is 7.41. The predicted molar refractivity (Wildman–Crippen MR) is 87.9 cm³/mol. The number of anilines is 3. The van der Waals surface area contributed by atoms with E-state index < -0.39 is 11.6 Å². The van der Waals surface area contributed by atoms with Crippen LogP contribution in [0.5, 0.6) is 0 Å². The zero-order chi connectivity index (χ0) is 16.8. The lowest BCUT2D eigenvalue weighted by Gasteiger charge is -2.19. The third-order valence-corrected chi connectivity index (χ3v) is 3.60. The van der Waals surface area contributed by atoms with Gasteiger partial charge in [-0.15, -0.1) is 0 Å². The van der Waals surface area contributed by atoms with Crippen LogP contribution < -0.4 is 10.6 Å². The molecular formula is C16H21F2N5. The summed E-state index contributed by atoms with van der Waals surface area (Å²) in [5, 5.41) is 5.88. The minimum absolute atomic E-state index is 0.00313. The van der Waals surface area contributed by atoms with Crippen molar-refractivity contribution in [3.05, 3.63) is 42.1 Å². The van der Waals surface area contributed by atoms with E-state index in [4.69, 9.17) is 0 Å². The van der Waals surface area contributed by atoms with Crippen molar-refractivity contribution in [3.63, 3.8) is 0 Å². The zero-order valence-corrected chi connectivity index (χ0v) is 13.5. The monoisotopic (exact) mass is 321 g/mol. The molecule has 0 spiro atoms. The second kappa shape index (κ2) is 7.82. The van der Waals surface area contributed by atoms with Crippen molar-refractivity contribution in [2.75, 3.05) is 31.3 Å². The summed E-state index contributed by atoms with van der Waals surface area (Å²) >= 11 is 0. The highest BCUT2D eigenvalue weighted by molar-refractivity contribution is 5.55. The zero-order valence-electron chi connectivity index (χ0n) is 13.5. The van der Waals surface area contributed by atoms with Crippen molar-refractivity contribution in [1.82, 2.24) is 14.9 Å². The average molecular weight is 321 g/mol. The molecule has 2 rings (SSSR count). The van der Waals surface area contributed by atoms with Crippen molar-refractivity contribution >= 4 is 17.5 Å². The minimum Gasteiger partial charge on any atom is -0.370 e. The van der Waals surface area contributed by atoms with Gasteiger partial charge in [0.25, 0.3) is 0 Å². The molecule has 0 amide bonds. The van der Waals surface area contributed by atoms with Crippen LogP contribution in [-0.2, 0) is 0 Å². The van der Waals surface area contributed by atoms with Crippen LogP contribution in [0.4, 0.5) is 26.2 Å². The Balaban J connectivity index is 1.98. The van der Waals surface area contributed by atoms with Gasteiger partial charge in [0.05, 0.1) is 5.69 Å². The Kier molecular flexibility index (Phi) is 5.81. The van der Waals surface area contributed by atoms with Crippen molar-refractivity contribution in [2.24, 2.45) is 0 Å². The van der Waals surface area contributed by atoms with E-state index in [1.54, 1.807) is 12.3 Å². The van der Waals surface area contributed by atoms with E-state index in [2.05, 4.69) is 32.4 Å². The lowest BCUT2D eigenvalue weighted by Crippen LogP contribution is -2.26. The van der Waals surface area contributed by atoms with Crippen LogP contribution in [0, 0.1) is 11.6 Å². The normalized spacial score (nSPS) is 12.3. The summed E-state index contributed by atoms with van der Waals surface area (Å²) in [5.74, 6) is -1.03. The number of halogens is 2. The number of benzene rings is 1. The highest BCUT2D eigenvalue weighted by Gasteiger charge is 2.09. The Bertz CT molecular complexity index is 648. The van der Waals surface area contributed by atoms with Crippen LogP contribution in [-0.4, -0.2) is 41.5 Å². The van der Waals surface area contributed by atoms with Crippen LogP contribution in [0.3, 0.4) is 0 Å². The van der Waals surface area contributed by atoms with Gasteiger partial charge in [0, 0.05) is 18.8 Å². The van der Waals surface area contributed by atoms with E-state index in [0.717, 1.165) is 19.0 Å². The first-order chi connectivity index (χ1) is 11.0. The van der Waals surface area contributed by atoms with Gasteiger partial charge in [0.15, 0.2) is 11.6 Å². The van der Waals surface area contributed by atoms with Gasteiger partial charge in [0.1, 0.15) is 5.82 Å². The molecule has 124 valence electrons. The SMILES string of the molecule is CC(CCNc1ccnc(Nc2cccc(F)c2F)n1)N(C)C. The van der Waals surface area contributed by atoms with E-state index in [-0.39, 0.29) is 11.6 Å². The fourth-order valence-corrected chi connectivity index (χ4v) is 1.91. The fourth-order valence-electron chi connectivity index (χ4n) is 1.91. The van der Waals surface area contributed by atoms with Crippen LogP contribution in [0.1, 0.15) is 13.3 Å². The number of hydrogen-bond acceptors (Lipinski definition) is 5. The molecule has 0 saturated heterocycles. The quantitative estimate of drug-likeness (QED) is 0.820. The highest BCUT2D eigenvalue weighted by atomic mass is 19.2. The average Bonchev–Trinajstić information content (AvgIpc) is 2.52. The molecule has 0 aliphatic rings. The summed E-state index contributed by atoms with van der Waals surface area (Å²) in [6.07, 6.45) is 2.52. The minimum atomic E-state index is -0.950. The van der Waals surface area contributed by atoms with Gasteiger partial charge in [-0.05, 0) is 45.6 Å². The van der Waals surface area contributed by atoms with Crippen LogP contribution in [0.2, 0.25) is 0 Å². The van der Waals surface area contributed by atoms with Gasteiger partial charge in [0.2, 0.25) is 5.95 Å². The molecule has 5 nitrogen and oxygen atoms in total. The van der Waals surface area contributed by atoms with E-state index >= 15 is 0 Å². The van der Waals surface area contributed by atoms with Gasteiger partial charge < -0.3 is 15.5 Å². The molecule has 1 atom stereocenters. The molecular weight excluding hydrogens is 300 g/mol. The van der Waals surface area contributed by atoms with E-state index in [1.165, 1.54) is 12.1 Å². The molecule has 0 fully saturated rings. The Hall–Kier alpha value is -2.28. The van der Waals surface area contributed by atoms with Crippen LogP contribution in [0.25, 0.3) is 0 Å². The van der Waals surface area contributed by atoms with Gasteiger partial charge in [-0.2, -0.15) is 4.98 Å². The summed E-state index contributed by atoms with van der Waals surface area (Å²) in [7, 11) is 4.07. The number of aromatic nitrogens is 2. The number of rotatable bonds is 7. The van der Waals surface area contributed by atoms with Gasteiger partial charge in [-0.1, -0.05) is 6.07 Å². The van der Waals surface area contributed by atoms with Crippen molar-refractivity contribution in [2.45, 2.75) is 19.4 Å². The largest absolute Gasteiger partial charge is 0.370 e. The van der Waals surface area contributed by atoms with E-state index in [9.17, 15) is 8.78 Å². The summed E-state index contributed by atoms with van der Waals surface area (Å²) in [6.45, 7) is 2.89. The first-order valence-corrected chi connectivity index (χ1v) is 7.41. The second-order valence-corrected chi connectivity index (χ2v) is 5.52. The topological polar surface area (TPSA) is 53.1 Å². The summed E-state index contributed by atoms with van der Waals surface area (Å²) in [5.41, 5.74) is 0.00313. The van der Waals surface area contributed by atoms with E-state index in [0.29, 0.717) is 11.9 Å². The Morgan fingerprint density at radius 3 is 2.74 bits per heavy atom. The van der Waals surface area contributed by atoms with Crippen molar-refractivity contribution in [1.29, 1.82) is 0 Å². The predicted octanol–water partition coefficient (Wildman–Crippen LogP) is 3.25. The standard InChI is InChI=1S/C16H21F2N5/c1-11(23(2)3)7-9-19-14-8-10-20-16(22-14)21-13-6-4-5-12(17)15(13)18/h4-6,8,10-11H,7,9H2,1-3H3,(H2,19,20,21,22). The second-order valence-electron chi connectivity index (χ2n) is 5.52. The molecule has 1 heterocycles. The molecule has 0 radical (unpaired) electrons. The molecule has 1 aromatic carbocycles. The van der Waals surface area contributed by atoms with Crippen molar-refractivity contribution in [3.8, 4) is 0 Å². The number of hydrogen-bond donors (Lipinski definition) is 2. The number of nitrogens with zero attached hydrogens (tertiary/aromatic N) is 3. The lowest BCUT2D eigenvalue weighted by atomic mass is 10.2. The molecule has 1 unspecified atom stereocenters. The summed E-state index contributed by atoms with van der Waals surface area (Å²) in [4.78, 5) is 10.4. The maximum absolute atomic E-state index is 13.6. The molecule has 7 heteroatoms. The van der Waals surface area contributed by atoms with Crippen LogP contribution in [0.15, 0.2) is 30.5 Å². The molecule has 0 bridgehead atoms. The van der Waals surface area contributed by atoms with E-state index in [1.807, 2.05) is 14.1 Å². The molecule has 0 aliphatic carbocycles. The summed E-state index contributed by atoms with van der Waals surface area (Å²) < 4.78 is 26.8. The lowest BCUT2D eigenvalue weighted by molar-refractivity contribution is 0.304. The van der Waals surface area contributed by atoms with Gasteiger partial charge in [-0.3, -0.25) is 0 Å². The first kappa shape index (κ1) is 17.1. The smallest absolute Gasteiger partial charge is 0.229 e. The fraction of sp³-hybridized carbons (Fsp3) is 0.375. The Morgan fingerprint density at radius 2 is 2.00 bits per heavy atom. The summed E-state index contributed by atoms with van der Waals surface area (Å²) in [6, 6.07) is 6.09. The third kappa shape index (κ3) is 4.85.